The standard InChI is InChI=1S/C16H26N4/c1-9(2)15-19-13(14(17)20(15)18)16-6-10-3-11(7-16)5-12(4-10)8-16/h9-12H,3-8,17-18H2,1-2H3. The molecule has 4 N–H and O–H groups in total. The van der Waals surface area contributed by atoms with Gasteiger partial charge in [0.2, 0.25) is 0 Å². The summed E-state index contributed by atoms with van der Waals surface area (Å²) in [6, 6.07) is 0. The number of aromatic nitrogens is 2. The molecular formula is C16H26N4. The third-order valence-corrected chi connectivity index (χ3v) is 6.03. The van der Waals surface area contributed by atoms with E-state index in [4.69, 9.17) is 16.6 Å². The number of nitrogens with two attached hydrogens (primary N) is 2. The van der Waals surface area contributed by atoms with Crippen LogP contribution in [0.3, 0.4) is 0 Å². The molecule has 1 aromatic rings. The maximum atomic E-state index is 6.34. The van der Waals surface area contributed by atoms with Crippen LogP contribution in [0.25, 0.3) is 0 Å². The Morgan fingerprint density at radius 2 is 1.60 bits per heavy atom. The first-order valence-corrected chi connectivity index (χ1v) is 8.12. The minimum atomic E-state index is 0.243. The molecule has 0 radical (unpaired) electrons. The molecule has 0 unspecified atom stereocenters. The van der Waals surface area contributed by atoms with Gasteiger partial charge in [0.15, 0.2) is 0 Å². The highest BCUT2D eigenvalue weighted by Gasteiger charge is 2.53. The van der Waals surface area contributed by atoms with Crippen LogP contribution in [0.4, 0.5) is 5.82 Å². The van der Waals surface area contributed by atoms with Gasteiger partial charge in [-0.2, -0.15) is 0 Å². The average Bonchev–Trinajstić information content (AvgIpc) is 2.65. The fourth-order valence-electron chi connectivity index (χ4n) is 5.66. The van der Waals surface area contributed by atoms with Crippen molar-refractivity contribution in [2.45, 2.75) is 63.7 Å². The second-order valence-electron chi connectivity index (χ2n) is 7.93. The highest BCUT2D eigenvalue weighted by Crippen LogP contribution is 2.61. The Labute approximate surface area is 120 Å². The normalized spacial score (nSPS) is 38.9. The third kappa shape index (κ3) is 1.57. The summed E-state index contributed by atoms with van der Waals surface area (Å²) in [5.41, 5.74) is 7.71. The number of nitrogen functional groups attached to an aromatic ring is 2. The van der Waals surface area contributed by atoms with Gasteiger partial charge < -0.3 is 11.6 Å². The SMILES string of the molecule is CC(C)c1nc(C23CC4CC(CC(C4)C2)C3)c(N)n1N. The zero-order valence-electron chi connectivity index (χ0n) is 12.6. The maximum Gasteiger partial charge on any atom is 0.146 e. The van der Waals surface area contributed by atoms with Crippen LogP contribution < -0.4 is 11.6 Å². The van der Waals surface area contributed by atoms with Crippen LogP contribution in [0.2, 0.25) is 0 Å². The Morgan fingerprint density at radius 3 is 2.00 bits per heavy atom. The maximum absolute atomic E-state index is 6.34. The summed E-state index contributed by atoms with van der Waals surface area (Å²) < 4.78 is 1.64. The Kier molecular flexibility index (Phi) is 2.46. The van der Waals surface area contributed by atoms with Crippen molar-refractivity contribution in [1.82, 2.24) is 9.66 Å². The van der Waals surface area contributed by atoms with Crippen molar-refractivity contribution in [3.05, 3.63) is 11.5 Å². The molecule has 5 rings (SSSR count). The second-order valence-corrected chi connectivity index (χ2v) is 7.93. The van der Waals surface area contributed by atoms with Gasteiger partial charge in [-0.3, -0.25) is 0 Å². The molecule has 110 valence electrons. The molecule has 1 heterocycles. The van der Waals surface area contributed by atoms with E-state index in [1.165, 1.54) is 38.5 Å². The molecule has 0 saturated heterocycles. The summed E-state index contributed by atoms with van der Waals surface area (Å²) in [6.45, 7) is 4.27. The van der Waals surface area contributed by atoms with E-state index in [1.54, 1.807) is 4.68 Å². The Bertz CT molecular complexity index is 508. The van der Waals surface area contributed by atoms with E-state index in [0.29, 0.717) is 5.92 Å². The molecule has 0 aromatic carbocycles. The predicted octanol–water partition coefficient (Wildman–Crippen LogP) is 2.77. The van der Waals surface area contributed by atoms with Crippen molar-refractivity contribution in [3.8, 4) is 0 Å². The van der Waals surface area contributed by atoms with Crippen LogP contribution >= 0.6 is 0 Å². The van der Waals surface area contributed by atoms with Crippen LogP contribution in [-0.4, -0.2) is 9.66 Å². The molecule has 0 atom stereocenters. The molecule has 1 aromatic heterocycles. The molecule has 4 heteroatoms. The average molecular weight is 274 g/mol. The summed E-state index contributed by atoms with van der Waals surface area (Å²) in [5, 5.41) is 0. The van der Waals surface area contributed by atoms with Gasteiger partial charge in [-0.1, -0.05) is 13.8 Å². The molecular weight excluding hydrogens is 248 g/mol. The van der Waals surface area contributed by atoms with Crippen LogP contribution in [0.15, 0.2) is 0 Å². The van der Waals surface area contributed by atoms with Crippen LogP contribution in [0, 0.1) is 17.8 Å². The van der Waals surface area contributed by atoms with Gasteiger partial charge in [-0.25, -0.2) is 9.66 Å². The summed E-state index contributed by atoms with van der Waals surface area (Å²) in [6.07, 6.45) is 8.20. The molecule has 4 aliphatic rings. The summed E-state index contributed by atoms with van der Waals surface area (Å²) in [7, 11) is 0. The van der Waals surface area contributed by atoms with Gasteiger partial charge in [0.1, 0.15) is 11.6 Å². The molecule has 4 fully saturated rings. The van der Waals surface area contributed by atoms with Gasteiger partial charge >= 0.3 is 0 Å². The number of rotatable bonds is 2. The highest BCUT2D eigenvalue weighted by atomic mass is 15.4. The first-order chi connectivity index (χ1) is 9.48. The smallest absolute Gasteiger partial charge is 0.146 e. The molecule has 0 spiro atoms. The van der Waals surface area contributed by atoms with Crippen molar-refractivity contribution in [2.24, 2.45) is 17.8 Å². The summed E-state index contributed by atoms with van der Waals surface area (Å²) in [5.74, 6) is 10.9. The van der Waals surface area contributed by atoms with E-state index in [2.05, 4.69) is 13.8 Å². The topological polar surface area (TPSA) is 69.9 Å². The first kappa shape index (κ1) is 12.5. The number of hydrogen-bond donors (Lipinski definition) is 2. The minimum absolute atomic E-state index is 0.243. The molecule has 4 saturated carbocycles. The van der Waals surface area contributed by atoms with E-state index < -0.39 is 0 Å². The van der Waals surface area contributed by atoms with E-state index in [0.717, 1.165) is 35.1 Å². The van der Waals surface area contributed by atoms with Gasteiger partial charge in [-0.05, 0) is 56.3 Å². The molecule has 4 nitrogen and oxygen atoms in total. The first-order valence-electron chi connectivity index (χ1n) is 8.12. The van der Waals surface area contributed by atoms with Crippen molar-refractivity contribution < 1.29 is 0 Å². The molecule has 20 heavy (non-hydrogen) atoms. The molecule has 4 aliphatic carbocycles. The highest BCUT2D eigenvalue weighted by molar-refractivity contribution is 5.45. The summed E-state index contributed by atoms with van der Waals surface area (Å²) in [4.78, 5) is 4.91. The lowest BCUT2D eigenvalue weighted by molar-refractivity contribution is -0.00671. The monoisotopic (exact) mass is 274 g/mol. The third-order valence-electron chi connectivity index (χ3n) is 6.03. The van der Waals surface area contributed by atoms with E-state index in [1.807, 2.05) is 0 Å². The van der Waals surface area contributed by atoms with E-state index in [9.17, 15) is 0 Å². The zero-order chi connectivity index (χ0) is 14.1. The lowest BCUT2D eigenvalue weighted by Crippen LogP contribution is -2.49. The van der Waals surface area contributed by atoms with Gasteiger partial charge in [-0.15, -0.1) is 0 Å². The lowest BCUT2D eigenvalue weighted by Gasteiger charge is -2.56. The molecule has 0 amide bonds. The predicted molar refractivity (Wildman–Crippen MR) is 80.7 cm³/mol. The van der Waals surface area contributed by atoms with E-state index >= 15 is 0 Å². The largest absolute Gasteiger partial charge is 0.382 e. The Hall–Kier alpha value is -1.19. The quantitative estimate of drug-likeness (QED) is 0.815. The van der Waals surface area contributed by atoms with Crippen LogP contribution in [0.1, 0.15) is 69.8 Å². The fraction of sp³-hybridized carbons (Fsp3) is 0.812. The van der Waals surface area contributed by atoms with Crippen molar-refractivity contribution in [2.75, 3.05) is 11.6 Å². The van der Waals surface area contributed by atoms with Gasteiger partial charge in [0.05, 0.1) is 5.69 Å². The molecule has 4 bridgehead atoms. The fourth-order valence-corrected chi connectivity index (χ4v) is 5.66. The minimum Gasteiger partial charge on any atom is -0.382 e. The van der Waals surface area contributed by atoms with Gasteiger partial charge in [0, 0.05) is 11.3 Å². The number of hydrogen-bond acceptors (Lipinski definition) is 3. The van der Waals surface area contributed by atoms with Crippen LogP contribution in [0.5, 0.6) is 0 Å². The van der Waals surface area contributed by atoms with E-state index in [-0.39, 0.29) is 5.41 Å². The van der Waals surface area contributed by atoms with Crippen molar-refractivity contribution in [1.29, 1.82) is 0 Å². The Balaban J connectivity index is 1.79. The second kappa shape index (κ2) is 3.92. The van der Waals surface area contributed by atoms with Crippen LogP contribution in [-0.2, 0) is 5.41 Å². The zero-order valence-corrected chi connectivity index (χ0v) is 12.6. The number of nitrogens with zero attached hydrogens (tertiary/aromatic N) is 2. The Morgan fingerprint density at radius 1 is 1.10 bits per heavy atom. The summed E-state index contributed by atoms with van der Waals surface area (Å²) >= 11 is 0. The van der Waals surface area contributed by atoms with Gasteiger partial charge in [0.25, 0.3) is 0 Å². The number of anilines is 1. The van der Waals surface area contributed by atoms with Crippen molar-refractivity contribution >= 4 is 5.82 Å². The number of imidazole rings is 1. The van der Waals surface area contributed by atoms with Crippen molar-refractivity contribution in [3.63, 3.8) is 0 Å². The lowest BCUT2D eigenvalue weighted by atomic mass is 9.49. The molecule has 0 aliphatic heterocycles.